The summed E-state index contributed by atoms with van der Waals surface area (Å²) in [6, 6.07) is 5.87. The Morgan fingerprint density at radius 3 is 2.65 bits per heavy atom. The second-order valence-corrected chi connectivity index (χ2v) is 10.0. The molecule has 0 saturated carbocycles. The Balaban J connectivity index is 1.57. The molecule has 0 unspecified atom stereocenters. The number of carbonyl (C=O) groups is 1. The van der Waals surface area contributed by atoms with Gasteiger partial charge in [0, 0.05) is 25.1 Å². The quantitative estimate of drug-likeness (QED) is 0.493. The van der Waals surface area contributed by atoms with Crippen LogP contribution in [0.3, 0.4) is 0 Å². The van der Waals surface area contributed by atoms with Gasteiger partial charge in [-0.2, -0.15) is 8.70 Å². The van der Waals surface area contributed by atoms with Gasteiger partial charge in [0.25, 0.3) is 5.91 Å². The zero-order valence-corrected chi connectivity index (χ0v) is 18.1. The molecule has 0 bridgehead atoms. The molecule has 0 radical (unpaired) electrons. The number of hydrogen-bond acceptors (Lipinski definition) is 8. The summed E-state index contributed by atoms with van der Waals surface area (Å²) in [5.74, 6) is -0.650. The number of amides is 1. The van der Waals surface area contributed by atoms with Crippen molar-refractivity contribution in [1.29, 1.82) is 0 Å². The molecule has 2 aliphatic rings. The summed E-state index contributed by atoms with van der Waals surface area (Å²) in [5, 5.41) is 6.02. The number of oxime groups is 1. The van der Waals surface area contributed by atoms with Crippen LogP contribution in [0.25, 0.3) is 0 Å². The van der Waals surface area contributed by atoms with E-state index < -0.39 is 21.1 Å². The van der Waals surface area contributed by atoms with Crippen LogP contribution in [0, 0.1) is 5.13 Å². The van der Waals surface area contributed by atoms with E-state index >= 15 is 0 Å². The maximum Gasteiger partial charge on any atom is 0.280 e. The fraction of sp³-hybridized carbons (Fsp3) is 0.421. The van der Waals surface area contributed by atoms with Gasteiger partial charge in [-0.15, -0.1) is 0 Å². The predicted molar refractivity (Wildman–Crippen MR) is 112 cm³/mol. The number of ether oxygens (including phenoxy) is 1. The summed E-state index contributed by atoms with van der Waals surface area (Å²) in [5.41, 5.74) is 0.279. The number of hydrogen-bond donors (Lipinski definition) is 1. The van der Waals surface area contributed by atoms with Crippen LogP contribution >= 0.6 is 11.3 Å². The molecule has 3 heterocycles. The highest BCUT2D eigenvalue weighted by molar-refractivity contribution is 7.89. The average Bonchev–Trinajstić information content (AvgIpc) is 3.52. The molecule has 2 saturated heterocycles. The van der Waals surface area contributed by atoms with Crippen molar-refractivity contribution in [3.8, 4) is 0 Å². The molecule has 1 aromatic heterocycles. The molecular formula is C19H21FN4O5S2. The number of aromatic nitrogens is 1. The van der Waals surface area contributed by atoms with E-state index in [2.05, 4.69) is 15.5 Å². The first-order valence-corrected chi connectivity index (χ1v) is 12.0. The minimum Gasteiger partial charge on any atom is -0.389 e. The standard InChI is InChI=1S/C19H21FN4O5S2/c20-16-11-21-19(30-16)22-18(25)17(23-29-14-7-10-28-12-14)13-3-5-15(6-4-13)31(26,27)24-8-1-2-9-24/h3-6,11,14H,1-2,7-10,12H2,(H,21,22,25)/t14-/m1/s1. The monoisotopic (exact) mass is 468 g/mol. The third-order valence-corrected chi connectivity index (χ3v) is 7.54. The lowest BCUT2D eigenvalue weighted by molar-refractivity contribution is -0.110. The molecule has 31 heavy (non-hydrogen) atoms. The predicted octanol–water partition coefficient (Wildman–Crippen LogP) is 2.21. The highest BCUT2D eigenvalue weighted by Crippen LogP contribution is 2.22. The average molecular weight is 469 g/mol. The first kappa shape index (κ1) is 21.8. The van der Waals surface area contributed by atoms with E-state index in [1.165, 1.54) is 28.6 Å². The Hall–Kier alpha value is -2.41. The summed E-state index contributed by atoms with van der Waals surface area (Å²) < 4.78 is 45.4. The zero-order chi connectivity index (χ0) is 21.8. The van der Waals surface area contributed by atoms with Gasteiger partial charge in [-0.1, -0.05) is 28.6 Å². The van der Waals surface area contributed by atoms with Gasteiger partial charge >= 0.3 is 0 Å². The third-order valence-electron chi connectivity index (χ3n) is 4.92. The molecule has 12 heteroatoms. The van der Waals surface area contributed by atoms with Crippen molar-refractivity contribution in [1.82, 2.24) is 9.29 Å². The molecule has 9 nitrogen and oxygen atoms in total. The first-order valence-electron chi connectivity index (χ1n) is 9.78. The summed E-state index contributed by atoms with van der Waals surface area (Å²) in [4.78, 5) is 22.1. The summed E-state index contributed by atoms with van der Waals surface area (Å²) in [7, 11) is -3.58. The molecule has 2 fully saturated rings. The maximum atomic E-state index is 13.2. The van der Waals surface area contributed by atoms with Gasteiger partial charge < -0.3 is 9.57 Å². The van der Waals surface area contributed by atoms with Crippen LogP contribution in [0.2, 0.25) is 0 Å². The number of benzene rings is 1. The largest absolute Gasteiger partial charge is 0.389 e. The first-order chi connectivity index (χ1) is 14.9. The molecule has 2 aromatic rings. The molecule has 1 atom stereocenters. The van der Waals surface area contributed by atoms with Gasteiger partial charge in [-0.3, -0.25) is 10.1 Å². The normalized spacial score (nSPS) is 20.2. The van der Waals surface area contributed by atoms with Crippen LogP contribution in [0.5, 0.6) is 0 Å². The van der Waals surface area contributed by atoms with Crippen molar-refractivity contribution >= 4 is 38.1 Å². The van der Waals surface area contributed by atoms with Crippen molar-refractivity contribution < 1.29 is 27.2 Å². The number of rotatable bonds is 7. The molecule has 166 valence electrons. The van der Waals surface area contributed by atoms with E-state index in [9.17, 15) is 17.6 Å². The molecular weight excluding hydrogens is 447 g/mol. The fourth-order valence-electron chi connectivity index (χ4n) is 3.28. The van der Waals surface area contributed by atoms with Crippen LogP contribution in [0.4, 0.5) is 9.52 Å². The highest BCUT2D eigenvalue weighted by Gasteiger charge is 2.28. The van der Waals surface area contributed by atoms with Crippen LogP contribution in [-0.2, 0) is 24.4 Å². The van der Waals surface area contributed by atoms with Gasteiger partial charge in [-0.05, 0) is 25.0 Å². The summed E-state index contributed by atoms with van der Waals surface area (Å²) in [6.07, 6.45) is 3.04. The number of carbonyl (C=O) groups excluding carboxylic acids is 1. The van der Waals surface area contributed by atoms with Crippen molar-refractivity contribution in [2.24, 2.45) is 5.16 Å². The lowest BCUT2D eigenvalue weighted by atomic mass is 10.1. The zero-order valence-electron chi connectivity index (χ0n) is 16.5. The van der Waals surface area contributed by atoms with Gasteiger partial charge in [0.15, 0.2) is 22.1 Å². The number of nitrogens with zero attached hydrogens (tertiary/aromatic N) is 3. The van der Waals surface area contributed by atoms with Gasteiger partial charge in [0.05, 0.1) is 24.3 Å². The van der Waals surface area contributed by atoms with Crippen LogP contribution in [0.1, 0.15) is 24.8 Å². The van der Waals surface area contributed by atoms with Crippen LogP contribution < -0.4 is 5.32 Å². The lowest BCUT2D eigenvalue weighted by Gasteiger charge is -2.16. The smallest absolute Gasteiger partial charge is 0.280 e. The minimum atomic E-state index is -3.58. The second-order valence-electron chi connectivity index (χ2n) is 7.09. The lowest BCUT2D eigenvalue weighted by Crippen LogP contribution is -2.28. The van der Waals surface area contributed by atoms with Crippen LogP contribution in [-0.4, -0.2) is 61.7 Å². The number of sulfonamides is 1. The van der Waals surface area contributed by atoms with Crippen molar-refractivity contribution in [2.75, 3.05) is 31.6 Å². The topological polar surface area (TPSA) is 110 Å². The molecule has 4 rings (SSSR count). The van der Waals surface area contributed by atoms with E-state index in [4.69, 9.17) is 9.57 Å². The Morgan fingerprint density at radius 2 is 2.03 bits per heavy atom. The number of halogens is 1. The molecule has 0 aliphatic carbocycles. The molecule has 0 spiro atoms. The minimum absolute atomic E-state index is 0.0763. The molecule has 1 aromatic carbocycles. The fourth-order valence-corrected chi connectivity index (χ4v) is 5.34. The Kier molecular flexibility index (Phi) is 6.60. The Morgan fingerprint density at radius 1 is 1.29 bits per heavy atom. The molecule has 1 N–H and O–H groups in total. The van der Waals surface area contributed by atoms with E-state index in [1.54, 1.807) is 0 Å². The van der Waals surface area contributed by atoms with E-state index in [0.717, 1.165) is 19.0 Å². The number of anilines is 1. The van der Waals surface area contributed by atoms with Gasteiger partial charge in [0.2, 0.25) is 10.0 Å². The SMILES string of the molecule is O=C(Nc1ncc(F)s1)C(=NO[C@@H]1CCOC1)c1ccc(S(=O)(=O)N2CCCC2)cc1. The van der Waals surface area contributed by atoms with Crippen molar-refractivity contribution in [3.63, 3.8) is 0 Å². The Labute approximate surface area is 182 Å². The number of nitrogens with one attached hydrogen (secondary N) is 1. The second kappa shape index (κ2) is 9.39. The maximum absolute atomic E-state index is 13.2. The van der Waals surface area contributed by atoms with Gasteiger partial charge in [0.1, 0.15) is 0 Å². The van der Waals surface area contributed by atoms with Crippen molar-refractivity contribution in [3.05, 3.63) is 41.2 Å². The third kappa shape index (κ3) is 5.09. The van der Waals surface area contributed by atoms with Gasteiger partial charge in [-0.25, -0.2) is 13.4 Å². The van der Waals surface area contributed by atoms with Crippen molar-refractivity contribution in [2.45, 2.75) is 30.3 Å². The summed E-state index contributed by atoms with van der Waals surface area (Å²) in [6.45, 7) is 1.91. The Bertz CT molecular complexity index is 1060. The molecule has 1 amide bonds. The molecule has 2 aliphatic heterocycles. The van der Waals surface area contributed by atoms with E-state index in [1.807, 2.05) is 0 Å². The highest BCUT2D eigenvalue weighted by atomic mass is 32.2. The summed E-state index contributed by atoms with van der Waals surface area (Å²) >= 11 is 0.682. The van der Waals surface area contributed by atoms with Crippen LogP contribution in [0.15, 0.2) is 40.5 Å². The van der Waals surface area contributed by atoms with E-state index in [-0.39, 0.29) is 21.8 Å². The number of thiazole rings is 1. The van der Waals surface area contributed by atoms with E-state index in [0.29, 0.717) is 49.6 Å².